The third kappa shape index (κ3) is 2.76. The Bertz CT molecular complexity index is 382. The Morgan fingerprint density at radius 3 is 2.50 bits per heavy atom. The van der Waals surface area contributed by atoms with Crippen molar-refractivity contribution < 1.29 is 4.74 Å². The van der Waals surface area contributed by atoms with Crippen LogP contribution in [0.1, 0.15) is 42.5 Å². The van der Waals surface area contributed by atoms with Crippen molar-refractivity contribution in [3.05, 3.63) is 34.9 Å². The maximum atomic E-state index is 5.84. The lowest BCUT2D eigenvalue weighted by Crippen LogP contribution is -2.30. The summed E-state index contributed by atoms with van der Waals surface area (Å²) in [6.45, 7) is 7.47. The average molecular weight is 247 g/mol. The molecule has 2 nitrogen and oxygen atoms in total. The summed E-state index contributed by atoms with van der Waals surface area (Å²) in [4.78, 5) is 0. The van der Waals surface area contributed by atoms with E-state index in [2.05, 4.69) is 51.3 Å². The topological polar surface area (TPSA) is 21.3 Å². The SMILES string of the molecule is CCC1OCCC1C(NC)c1cc(C)cc(C)c1. The van der Waals surface area contributed by atoms with Crippen molar-refractivity contribution in [2.45, 2.75) is 45.8 Å². The zero-order valence-electron chi connectivity index (χ0n) is 12.0. The minimum Gasteiger partial charge on any atom is -0.378 e. The summed E-state index contributed by atoms with van der Waals surface area (Å²) in [6.07, 6.45) is 2.67. The van der Waals surface area contributed by atoms with Crippen LogP contribution in [0, 0.1) is 19.8 Å². The molecule has 3 unspecified atom stereocenters. The quantitative estimate of drug-likeness (QED) is 0.880. The third-order valence-corrected chi connectivity index (χ3v) is 4.01. The molecule has 1 fully saturated rings. The highest BCUT2D eigenvalue weighted by Crippen LogP contribution is 2.35. The second-order valence-electron chi connectivity index (χ2n) is 5.46. The molecule has 1 saturated heterocycles. The van der Waals surface area contributed by atoms with Crippen molar-refractivity contribution in [2.75, 3.05) is 13.7 Å². The number of rotatable bonds is 4. The lowest BCUT2D eigenvalue weighted by Gasteiger charge is -2.27. The molecule has 3 atom stereocenters. The maximum absolute atomic E-state index is 5.84. The molecule has 0 amide bonds. The first-order valence-corrected chi connectivity index (χ1v) is 7.02. The van der Waals surface area contributed by atoms with Crippen LogP contribution in [-0.4, -0.2) is 19.8 Å². The normalized spacial score (nSPS) is 25.3. The van der Waals surface area contributed by atoms with Gasteiger partial charge >= 0.3 is 0 Å². The molecule has 1 aromatic rings. The minimum absolute atomic E-state index is 0.406. The molecule has 0 saturated carbocycles. The third-order valence-electron chi connectivity index (χ3n) is 4.01. The van der Waals surface area contributed by atoms with E-state index in [1.807, 2.05) is 0 Å². The maximum Gasteiger partial charge on any atom is 0.0619 e. The lowest BCUT2D eigenvalue weighted by atomic mass is 9.86. The Hall–Kier alpha value is -0.860. The first kappa shape index (κ1) is 13.6. The summed E-state index contributed by atoms with van der Waals surface area (Å²) in [6, 6.07) is 7.26. The van der Waals surface area contributed by atoms with Gasteiger partial charge in [0.05, 0.1) is 6.10 Å². The summed E-state index contributed by atoms with van der Waals surface area (Å²) in [5.74, 6) is 0.598. The van der Waals surface area contributed by atoms with Gasteiger partial charge in [0.15, 0.2) is 0 Å². The van der Waals surface area contributed by atoms with Crippen LogP contribution in [0.15, 0.2) is 18.2 Å². The second-order valence-corrected chi connectivity index (χ2v) is 5.46. The highest BCUT2D eigenvalue weighted by atomic mass is 16.5. The lowest BCUT2D eigenvalue weighted by molar-refractivity contribution is 0.0782. The molecule has 0 aromatic heterocycles. The van der Waals surface area contributed by atoms with E-state index in [1.54, 1.807) is 0 Å². The van der Waals surface area contributed by atoms with Crippen LogP contribution in [0.4, 0.5) is 0 Å². The van der Waals surface area contributed by atoms with E-state index in [1.165, 1.54) is 16.7 Å². The van der Waals surface area contributed by atoms with E-state index < -0.39 is 0 Å². The average Bonchev–Trinajstić information content (AvgIpc) is 2.77. The molecule has 1 N–H and O–H groups in total. The number of nitrogens with one attached hydrogen (secondary N) is 1. The summed E-state index contributed by atoms with van der Waals surface area (Å²) in [5, 5.41) is 3.50. The van der Waals surface area contributed by atoms with Crippen LogP contribution in [-0.2, 0) is 4.74 Å². The second kappa shape index (κ2) is 5.85. The van der Waals surface area contributed by atoms with Crippen molar-refractivity contribution in [3.8, 4) is 0 Å². The Morgan fingerprint density at radius 1 is 1.28 bits per heavy atom. The summed E-state index contributed by atoms with van der Waals surface area (Å²) in [7, 11) is 2.06. The molecule has 1 aromatic carbocycles. The van der Waals surface area contributed by atoms with Crippen molar-refractivity contribution >= 4 is 0 Å². The Kier molecular flexibility index (Phi) is 4.41. The van der Waals surface area contributed by atoms with Crippen molar-refractivity contribution in [3.63, 3.8) is 0 Å². The van der Waals surface area contributed by atoms with Gasteiger partial charge in [-0.1, -0.05) is 36.2 Å². The van der Waals surface area contributed by atoms with E-state index >= 15 is 0 Å². The van der Waals surface area contributed by atoms with Gasteiger partial charge in [-0.05, 0) is 39.3 Å². The molecular formula is C16H25NO. The van der Waals surface area contributed by atoms with Gasteiger partial charge < -0.3 is 10.1 Å². The molecule has 2 heteroatoms. The summed E-state index contributed by atoms with van der Waals surface area (Å²) >= 11 is 0. The fourth-order valence-electron chi connectivity index (χ4n) is 3.28. The van der Waals surface area contributed by atoms with Crippen LogP contribution >= 0.6 is 0 Å². The molecule has 0 aliphatic carbocycles. The molecule has 2 rings (SSSR count). The fraction of sp³-hybridized carbons (Fsp3) is 0.625. The molecule has 0 bridgehead atoms. The van der Waals surface area contributed by atoms with Gasteiger partial charge in [0.2, 0.25) is 0 Å². The van der Waals surface area contributed by atoms with Crippen molar-refractivity contribution in [2.24, 2.45) is 5.92 Å². The summed E-state index contributed by atoms with van der Waals surface area (Å²) in [5.41, 5.74) is 4.10. The standard InChI is InChI=1S/C16H25NO/c1-5-15-14(6-7-18-15)16(17-4)13-9-11(2)8-12(3)10-13/h8-10,14-17H,5-7H2,1-4H3. The van der Waals surface area contributed by atoms with Gasteiger partial charge in [0.1, 0.15) is 0 Å². The van der Waals surface area contributed by atoms with Crippen molar-refractivity contribution in [1.29, 1.82) is 0 Å². The first-order valence-electron chi connectivity index (χ1n) is 7.02. The van der Waals surface area contributed by atoms with Gasteiger partial charge in [-0.25, -0.2) is 0 Å². The van der Waals surface area contributed by atoms with Crippen LogP contribution in [0.2, 0.25) is 0 Å². The zero-order chi connectivity index (χ0) is 13.1. The molecule has 1 heterocycles. The molecule has 0 spiro atoms. The Morgan fingerprint density at radius 2 is 1.94 bits per heavy atom. The number of ether oxygens (including phenoxy) is 1. The predicted octanol–water partition coefficient (Wildman–Crippen LogP) is 3.38. The summed E-state index contributed by atoms with van der Waals surface area (Å²) < 4.78 is 5.84. The first-order chi connectivity index (χ1) is 8.65. The predicted molar refractivity (Wildman–Crippen MR) is 75.9 cm³/mol. The van der Waals surface area contributed by atoms with Crippen LogP contribution in [0.3, 0.4) is 0 Å². The molecular weight excluding hydrogens is 222 g/mol. The largest absolute Gasteiger partial charge is 0.378 e. The van der Waals surface area contributed by atoms with Gasteiger partial charge in [-0.2, -0.15) is 0 Å². The van der Waals surface area contributed by atoms with E-state index in [0.717, 1.165) is 19.4 Å². The van der Waals surface area contributed by atoms with E-state index in [0.29, 0.717) is 18.1 Å². The highest BCUT2D eigenvalue weighted by Gasteiger charge is 2.33. The van der Waals surface area contributed by atoms with Crippen LogP contribution in [0.25, 0.3) is 0 Å². The number of aryl methyl sites for hydroxylation is 2. The Labute approximate surface area is 111 Å². The molecule has 1 aliphatic heterocycles. The van der Waals surface area contributed by atoms with Crippen molar-refractivity contribution in [1.82, 2.24) is 5.32 Å². The smallest absolute Gasteiger partial charge is 0.0619 e. The van der Waals surface area contributed by atoms with Gasteiger partial charge in [0, 0.05) is 18.6 Å². The number of hydrogen-bond acceptors (Lipinski definition) is 2. The van der Waals surface area contributed by atoms with Gasteiger partial charge in [-0.3, -0.25) is 0 Å². The molecule has 18 heavy (non-hydrogen) atoms. The number of benzene rings is 1. The fourth-order valence-corrected chi connectivity index (χ4v) is 3.28. The monoisotopic (exact) mass is 247 g/mol. The Balaban J connectivity index is 2.27. The van der Waals surface area contributed by atoms with Gasteiger partial charge in [-0.15, -0.1) is 0 Å². The minimum atomic E-state index is 0.406. The zero-order valence-corrected chi connectivity index (χ0v) is 12.0. The van der Waals surface area contributed by atoms with E-state index in [4.69, 9.17) is 4.74 Å². The van der Waals surface area contributed by atoms with Crippen LogP contribution in [0.5, 0.6) is 0 Å². The molecule has 1 aliphatic rings. The van der Waals surface area contributed by atoms with Gasteiger partial charge in [0.25, 0.3) is 0 Å². The molecule has 0 radical (unpaired) electrons. The number of hydrogen-bond donors (Lipinski definition) is 1. The van der Waals surface area contributed by atoms with Crippen LogP contribution < -0.4 is 5.32 Å². The molecule has 100 valence electrons. The van der Waals surface area contributed by atoms with E-state index in [-0.39, 0.29) is 0 Å². The van der Waals surface area contributed by atoms with E-state index in [9.17, 15) is 0 Å². The highest BCUT2D eigenvalue weighted by molar-refractivity contribution is 5.31.